The minimum absolute atomic E-state index is 0.0476. The van der Waals surface area contributed by atoms with Crippen molar-refractivity contribution in [2.24, 2.45) is 0 Å². The molecule has 27 heavy (non-hydrogen) atoms. The molecule has 5 nitrogen and oxygen atoms in total. The van der Waals surface area contributed by atoms with E-state index in [9.17, 15) is 22.4 Å². The van der Waals surface area contributed by atoms with Gasteiger partial charge in [0.15, 0.2) is 11.6 Å². The Kier molecular flexibility index (Phi) is 6.59. The average molecular weight is 385 g/mol. The molecule has 0 radical (unpaired) electrons. The Labute approximate surface area is 153 Å². The van der Waals surface area contributed by atoms with Crippen LogP contribution in [-0.4, -0.2) is 29.8 Å². The zero-order chi connectivity index (χ0) is 20.0. The number of benzene rings is 1. The Morgan fingerprint density at radius 3 is 2.63 bits per heavy atom. The number of nitrogens with zero attached hydrogens (tertiary/aromatic N) is 1. The first-order valence-corrected chi connectivity index (χ1v) is 8.17. The molecule has 0 spiro atoms. The van der Waals surface area contributed by atoms with Crippen molar-refractivity contribution >= 4 is 11.6 Å². The van der Waals surface area contributed by atoms with E-state index in [0.29, 0.717) is 29.9 Å². The molecule has 2 N–H and O–H groups in total. The van der Waals surface area contributed by atoms with Gasteiger partial charge in [0, 0.05) is 37.0 Å². The first-order chi connectivity index (χ1) is 12.6. The molecular weight excluding hydrogens is 366 g/mol. The maximum atomic E-state index is 13.9. The van der Waals surface area contributed by atoms with Crippen LogP contribution in [0.5, 0.6) is 5.75 Å². The van der Waals surface area contributed by atoms with Gasteiger partial charge < -0.3 is 15.4 Å². The number of carbonyl (C=O) groups is 1. The Bertz CT molecular complexity index is 796. The summed E-state index contributed by atoms with van der Waals surface area (Å²) in [5.41, 5.74) is 1.43. The number of hydrogen-bond donors (Lipinski definition) is 2. The van der Waals surface area contributed by atoms with Crippen molar-refractivity contribution in [2.45, 2.75) is 32.7 Å². The highest BCUT2D eigenvalue weighted by atomic mass is 19.4. The summed E-state index contributed by atoms with van der Waals surface area (Å²) >= 11 is 0. The van der Waals surface area contributed by atoms with Crippen molar-refractivity contribution in [2.75, 3.05) is 11.9 Å². The number of hydrogen-bond acceptors (Lipinski definition) is 4. The predicted octanol–water partition coefficient (Wildman–Crippen LogP) is 4.11. The molecular formula is C18H19F4N3O2. The highest BCUT2D eigenvalue weighted by Crippen LogP contribution is 2.29. The van der Waals surface area contributed by atoms with Gasteiger partial charge in [0.05, 0.1) is 5.69 Å². The number of aromatic nitrogens is 1. The molecule has 146 valence electrons. The van der Waals surface area contributed by atoms with Gasteiger partial charge in [0.1, 0.15) is 0 Å². The Morgan fingerprint density at radius 1 is 1.26 bits per heavy atom. The summed E-state index contributed by atoms with van der Waals surface area (Å²) in [5, 5.41) is 5.93. The molecule has 1 heterocycles. The summed E-state index contributed by atoms with van der Waals surface area (Å²) < 4.78 is 54.2. The van der Waals surface area contributed by atoms with Crippen LogP contribution in [0.2, 0.25) is 0 Å². The van der Waals surface area contributed by atoms with E-state index < -0.39 is 17.9 Å². The molecule has 1 aromatic heterocycles. The molecule has 0 aliphatic rings. The van der Waals surface area contributed by atoms with Crippen LogP contribution in [0.25, 0.3) is 11.3 Å². The summed E-state index contributed by atoms with van der Waals surface area (Å²) in [6.07, 6.45) is -2.76. The second-order valence-electron chi connectivity index (χ2n) is 5.94. The molecule has 0 saturated carbocycles. The number of nitrogens with one attached hydrogen (secondary N) is 2. The Hall–Kier alpha value is -2.84. The lowest BCUT2D eigenvalue weighted by Crippen LogP contribution is -2.26. The quantitative estimate of drug-likeness (QED) is 0.704. The van der Waals surface area contributed by atoms with Gasteiger partial charge in [-0.3, -0.25) is 9.78 Å². The first kappa shape index (κ1) is 20.5. The molecule has 2 aromatic rings. The maximum absolute atomic E-state index is 13.9. The van der Waals surface area contributed by atoms with Gasteiger partial charge in [-0.15, -0.1) is 13.2 Å². The van der Waals surface area contributed by atoms with E-state index in [0.717, 1.165) is 12.1 Å². The Balaban J connectivity index is 2.08. The molecule has 0 fully saturated rings. The molecule has 2 rings (SSSR count). The summed E-state index contributed by atoms with van der Waals surface area (Å²) in [6, 6.07) is 6.58. The van der Waals surface area contributed by atoms with Crippen LogP contribution in [0.3, 0.4) is 0 Å². The van der Waals surface area contributed by atoms with Crippen LogP contribution in [0.15, 0.2) is 36.5 Å². The molecule has 0 bridgehead atoms. The van der Waals surface area contributed by atoms with Crippen molar-refractivity contribution < 1.29 is 27.1 Å². The Morgan fingerprint density at radius 2 is 2.00 bits per heavy atom. The number of amides is 1. The molecule has 1 aromatic carbocycles. The molecule has 9 heteroatoms. The van der Waals surface area contributed by atoms with Crippen LogP contribution in [0, 0.1) is 5.82 Å². The fraction of sp³-hybridized carbons (Fsp3) is 0.333. The van der Waals surface area contributed by atoms with Crippen LogP contribution in [0.4, 0.5) is 23.2 Å². The lowest BCUT2D eigenvalue weighted by atomic mass is 10.1. The SMILES string of the molecule is CC(=O)NCCC(C)Nc1ccnc(-c2ccc(OC(F)(F)F)c(F)c2)c1. The van der Waals surface area contributed by atoms with E-state index in [1.54, 1.807) is 12.1 Å². The molecule has 0 aliphatic heterocycles. The highest BCUT2D eigenvalue weighted by molar-refractivity contribution is 5.72. The van der Waals surface area contributed by atoms with E-state index in [-0.39, 0.29) is 11.9 Å². The third kappa shape index (κ3) is 6.76. The van der Waals surface area contributed by atoms with E-state index in [1.807, 2.05) is 6.92 Å². The van der Waals surface area contributed by atoms with Crippen molar-refractivity contribution in [1.29, 1.82) is 0 Å². The largest absolute Gasteiger partial charge is 0.573 e. The zero-order valence-corrected chi connectivity index (χ0v) is 14.7. The van der Waals surface area contributed by atoms with Crippen LogP contribution in [0.1, 0.15) is 20.3 Å². The van der Waals surface area contributed by atoms with Gasteiger partial charge in [-0.2, -0.15) is 0 Å². The van der Waals surface area contributed by atoms with Crippen LogP contribution >= 0.6 is 0 Å². The van der Waals surface area contributed by atoms with Gasteiger partial charge in [0.2, 0.25) is 5.91 Å². The van der Waals surface area contributed by atoms with Gasteiger partial charge in [-0.25, -0.2) is 4.39 Å². The summed E-state index contributed by atoms with van der Waals surface area (Å²) in [4.78, 5) is 15.0. The molecule has 0 aliphatic carbocycles. The summed E-state index contributed by atoms with van der Waals surface area (Å²) in [5.74, 6) is -2.13. The number of pyridine rings is 1. The lowest BCUT2D eigenvalue weighted by Gasteiger charge is -2.16. The maximum Gasteiger partial charge on any atom is 0.573 e. The van der Waals surface area contributed by atoms with Gasteiger partial charge in [-0.05, 0) is 43.7 Å². The number of carbonyl (C=O) groups excluding carboxylic acids is 1. The monoisotopic (exact) mass is 385 g/mol. The fourth-order valence-corrected chi connectivity index (χ4v) is 2.37. The minimum Gasteiger partial charge on any atom is -0.403 e. The van der Waals surface area contributed by atoms with E-state index >= 15 is 0 Å². The molecule has 1 atom stereocenters. The lowest BCUT2D eigenvalue weighted by molar-refractivity contribution is -0.275. The average Bonchev–Trinajstić information content (AvgIpc) is 2.55. The molecule has 0 saturated heterocycles. The molecule has 1 amide bonds. The highest BCUT2D eigenvalue weighted by Gasteiger charge is 2.32. The minimum atomic E-state index is -4.96. The van der Waals surface area contributed by atoms with Crippen LogP contribution in [-0.2, 0) is 4.79 Å². The van der Waals surface area contributed by atoms with Crippen molar-refractivity contribution in [3.8, 4) is 17.0 Å². The summed E-state index contributed by atoms with van der Waals surface area (Å²) in [7, 11) is 0. The van der Waals surface area contributed by atoms with Gasteiger partial charge >= 0.3 is 6.36 Å². The second-order valence-corrected chi connectivity index (χ2v) is 5.94. The van der Waals surface area contributed by atoms with Gasteiger partial charge in [-0.1, -0.05) is 0 Å². The number of ether oxygens (including phenoxy) is 1. The van der Waals surface area contributed by atoms with E-state index in [1.165, 1.54) is 19.2 Å². The van der Waals surface area contributed by atoms with E-state index in [4.69, 9.17) is 0 Å². The second kappa shape index (κ2) is 8.70. The van der Waals surface area contributed by atoms with Crippen molar-refractivity contribution in [1.82, 2.24) is 10.3 Å². The fourth-order valence-electron chi connectivity index (χ4n) is 2.37. The standard InChI is InChI=1S/C18H19F4N3O2/c1-11(5-7-23-12(2)26)25-14-6-8-24-16(10-14)13-3-4-17(15(19)9-13)27-18(20,21)22/h3-4,6,8-11H,5,7H2,1-2H3,(H,23,26)(H,24,25). The number of halogens is 4. The van der Waals surface area contributed by atoms with Crippen molar-refractivity contribution in [3.05, 3.63) is 42.3 Å². The van der Waals surface area contributed by atoms with E-state index in [2.05, 4.69) is 20.4 Å². The molecule has 1 unspecified atom stereocenters. The van der Waals surface area contributed by atoms with Gasteiger partial charge in [0.25, 0.3) is 0 Å². The third-order valence-electron chi connectivity index (χ3n) is 3.58. The normalized spacial score (nSPS) is 12.4. The van der Waals surface area contributed by atoms with Crippen LogP contribution < -0.4 is 15.4 Å². The number of anilines is 1. The topological polar surface area (TPSA) is 63.2 Å². The first-order valence-electron chi connectivity index (χ1n) is 8.17. The number of alkyl halides is 3. The zero-order valence-electron chi connectivity index (χ0n) is 14.7. The summed E-state index contributed by atoms with van der Waals surface area (Å²) in [6.45, 7) is 3.90. The van der Waals surface area contributed by atoms with Crippen molar-refractivity contribution in [3.63, 3.8) is 0 Å². The number of rotatable bonds is 7. The predicted molar refractivity (Wildman–Crippen MR) is 92.7 cm³/mol. The smallest absolute Gasteiger partial charge is 0.403 e. The third-order valence-corrected chi connectivity index (χ3v) is 3.58.